The molecule has 0 aliphatic heterocycles. The van der Waals surface area contributed by atoms with E-state index in [0.717, 1.165) is 4.47 Å². The monoisotopic (exact) mass is 376 g/mol. The Bertz CT molecular complexity index is 744. The van der Waals surface area contributed by atoms with Crippen molar-refractivity contribution in [1.29, 1.82) is 0 Å². The Hall–Kier alpha value is -2.54. The van der Waals surface area contributed by atoms with Crippen molar-refractivity contribution in [2.24, 2.45) is 0 Å². The highest BCUT2D eigenvalue weighted by molar-refractivity contribution is 9.10. The fourth-order valence-corrected chi connectivity index (χ4v) is 2.19. The van der Waals surface area contributed by atoms with Crippen LogP contribution in [-0.4, -0.2) is 16.6 Å². The molecule has 2 aromatic rings. The summed E-state index contributed by atoms with van der Waals surface area (Å²) in [5.41, 5.74) is 0.769. The van der Waals surface area contributed by atoms with Crippen LogP contribution in [0.15, 0.2) is 53.0 Å². The Morgan fingerprint density at radius 3 is 2.43 bits per heavy atom. The number of carbonyl (C=O) groups excluding carboxylic acids is 2. The second kappa shape index (κ2) is 7.64. The van der Waals surface area contributed by atoms with Gasteiger partial charge in [-0.25, -0.2) is 0 Å². The van der Waals surface area contributed by atoms with Gasteiger partial charge in [-0.15, -0.1) is 0 Å². The quantitative estimate of drug-likeness (QED) is 0.469. The molecule has 2 rings (SSSR count). The molecule has 0 saturated carbocycles. The number of benzene rings is 2. The normalized spacial score (nSPS) is 10.1. The first-order valence-electron chi connectivity index (χ1n) is 6.79. The Labute approximate surface area is 140 Å². The van der Waals surface area contributed by atoms with Gasteiger partial charge in [-0.3, -0.25) is 19.7 Å². The van der Waals surface area contributed by atoms with Crippen molar-refractivity contribution in [3.63, 3.8) is 0 Å². The van der Waals surface area contributed by atoms with Gasteiger partial charge in [-0.1, -0.05) is 34.1 Å². The molecular weight excluding hydrogens is 364 g/mol. The zero-order valence-corrected chi connectivity index (χ0v) is 13.6. The number of anilines is 1. The Kier molecular flexibility index (Phi) is 5.59. The van der Waals surface area contributed by atoms with Gasteiger partial charge in [0.05, 0.1) is 4.92 Å². The predicted octanol–water partition coefficient (Wildman–Crippen LogP) is 3.96. The molecular formula is C16H13BrN2O4. The predicted molar refractivity (Wildman–Crippen MR) is 89.4 cm³/mol. The number of halogens is 1. The first-order chi connectivity index (χ1) is 11.0. The van der Waals surface area contributed by atoms with E-state index in [1.165, 1.54) is 18.2 Å². The van der Waals surface area contributed by atoms with Crippen LogP contribution in [0.1, 0.15) is 23.2 Å². The number of ketones is 1. The number of hydrogen-bond donors (Lipinski definition) is 1. The van der Waals surface area contributed by atoms with Gasteiger partial charge in [0.1, 0.15) is 0 Å². The van der Waals surface area contributed by atoms with Crippen molar-refractivity contribution < 1.29 is 14.5 Å². The highest BCUT2D eigenvalue weighted by Crippen LogP contribution is 2.17. The van der Waals surface area contributed by atoms with Crippen molar-refractivity contribution >= 4 is 39.0 Å². The van der Waals surface area contributed by atoms with E-state index in [2.05, 4.69) is 21.2 Å². The van der Waals surface area contributed by atoms with Crippen LogP contribution in [0.2, 0.25) is 0 Å². The molecule has 0 fully saturated rings. The number of Topliss-reactive ketones (excluding diaryl/α,β-unsaturated/α-hetero) is 1. The number of nitrogens with one attached hydrogen (secondary N) is 1. The van der Waals surface area contributed by atoms with Gasteiger partial charge >= 0.3 is 0 Å². The van der Waals surface area contributed by atoms with Gasteiger partial charge in [0.25, 0.3) is 5.69 Å². The van der Waals surface area contributed by atoms with Crippen molar-refractivity contribution in [2.75, 3.05) is 5.32 Å². The average molecular weight is 377 g/mol. The van der Waals surface area contributed by atoms with E-state index in [1.807, 2.05) is 0 Å². The lowest BCUT2D eigenvalue weighted by Crippen LogP contribution is -2.13. The van der Waals surface area contributed by atoms with Crippen molar-refractivity contribution in [3.8, 4) is 0 Å². The van der Waals surface area contributed by atoms with Crippen LogP contribution in [0.5, 0.6) is 0 Å². The highest BCUT2D eigenvalue weighted by atomic mass is 79.9. The third kappa shape index (κ3) is 5.00. The van der Waals surface area contributed by atoms with Crippen LogP contribution in [0.25, 0.3) is 0 Å². The summed E-state index contributed by atoms with van der Waals surface area (Å²) >= 11 is 3.29. The third-order valence-electron chi connectivity index (χ3n) is 3.09. The van der Waals surface area contributed by atoms with Crippen molar-refractivity contribution in [1.82, 2.24) is 0 Å². The largest absolute Gasteiger partial charge is 0.326 e. The van der Waals surface area contributed by atoms with Gasteiger partial charge in [-0.2, -0.15) is 0 Å². The van der Waals surface area contributed by atoms with Crippen molar-refractivity contribution in [2.45, 2.75) is 12.8 Å². The summed E-state index contributed by atoms with van der Waals surface area (Å²) in [7, 11) is 0. The molecule has 0 atom stereocenters. The van der Waals surface area contributed by atoms with E-state index >= 15 is 0 Å². The Morgan fingerprint density at radius 1 is 1.09 bits per heavy atom. The molecule has 0 saturated heterocycles. The second-order valence-electron chi connectivity index (χ2n) is 4.79. The Morgan fingerprint density at radius 2 is 1.78 bits per heavy atom. The van der Waals surface area contributed by atoms with Crippen LogP contribution >= 0.6 is 15.9 Å². The van der Waals surface area contributed by atoms with Crippen molar-refractivity contribution in [3.05, 3.63) is 68.7 Å². The zero-order valence-electron chi connectivity index (χ0n) is 12.0. The zero-order chi connectivity index (χ0) is 16.8. The second-order valence-corrected chi connectivity index (χ2v) is 5.70. The number of rotatable bonds is 6. The topological polar surface area (TPSA) is 89.3 Å². The van der Waals surface area contributed by atoms with E-state index in [0.29, 0.717) is 11.3 Å². The van der Waals surface area contributed by atoms with E-state index in [1.54, 1.807) is 30.3 Å². The lowest BCUT2D eigenvalue weighted by molar-refractivity contribution is -0.384. The third-order valence-corrected chi connectivity index (χ3v) is 3.61. The van der Waals surface area contributed by atoms with Gasteiger partial charge < -0.3 is 5.32 Å². The number of nitrogens with zero attached hydrogens (tertiary/aromatic N) is 1. The molecule has 0 unspecified atom stereocenters. The molecule has 0 heterocycles. The summed E-state index contributed by atoms with van der Waals surface area (Å²) in [5.74, 6) is -0.498. The molecule has 0 aliphatic carbocycles. The SMILES string of the molecule is O=C(CCC(=O)c1ccc(Br)cc1)Nc1cccc([N+](=O)[O-])c1. The van der Waals surface area contributed by atoms with E-state index in [-0.39, 0.29) is 30.2 Å². The van der Waals surface area contributed by atoms with E-state index in [9.17, 15) is 19.7 Å². The van der Waals surface area contributed by atoms with Gasteiger partial charge in [0.15, 0.2) is 5.78 Å². The van der Waals surface area contributed by atoms with E-state index < -0.39 is 4.92 Å². The molecule has 118 valence electrons. The number of nitro benzene ring substituents is 1. The number of non-ortho nitro benzene ring substituents is 1. The molecule has 1 amide bonds. The summed E-state index contributed by atoms with van der Waals surface area (Å²) in [5, 5.41) is 13.2. The van der Waals surface area contributed by atoms with Crippen LogP contribution in [0.3, 0.4) is 0 Å². The molecule has 0 aliphatic rings. The van der Waals surface area contributed by atoms with E-state index in [4.69, 9.17) is 0 Å². The summed E-state index contributed by atoms with van der Waals surface area (Å²) in [4.78, 5) is 34.0. The number of hydrogen-bond acceptors (Lipinski definition) is 4. The number of carbonyl (C=O) groups is 2. The summed E-state index contributed by atoms with van der Waals surface area (Å²) in [6.45, 7) is 0. The lowest BCUT2D eigenvalue weighted by atomic mass is 10.1. The molecule has 0 aromatic heterocycles. The summed E-state index contributed by atoms with van der Waals surface area (Å²) in [6.07, 6.45) is 0.0833. The molecule has 0 spiro atoms. The maximum atomic E-state index is 12.0. The van der Waals surface area contributed by atoms with Gasteiger partial charge in [0, 0.05) is 40.7 Å². The smallest absolute Gasteiger partial charge is 0.271 e. The fourth-order valence-electron chi connectivity index (χ4n) is 1.93. The molecule has 0 bridgehead atoms. The van der Waals surface area contributed by atoms with Crippen LogP contribution in [-0.2, 0) is 4.79 Å². The van der Waals surface area contributed by atoms with Crippen LogP contribution in [0.4, 0.5) is 11.4 Å². The summed E-state index contributed by atoms with van der Waals surface area (Å²) < 4.78 is 0.873. The van der Waals surface area contributed by atoms with Gasteiger partial charge in [-0.05, 0) is 18.2 Å². The maximum Gasteiger partial charge on any atom is 0.271 e. The Balaban J connectivity index is 1.90. The molecule has 6 nitrogen and oxygen atoms in total. The first kappa shape index (κ1) is 16.8. The summed E-state index contributed by atoms with van der Waals surface area (Å²) in [6, 6.07) is 12.5. The molecule has 23 heavy (non-hydrogen) atoms. The first-order valence-corrected chi connectivity index (χ1v) is 7.58. The standard InChI is InChI=1S/C16H13BrN2O4/c17-12-6-4-11(5-7-12)15(20)8-9-16(21)18-13-2-1-3-14(10-13)19(22)23/h1-7,10H,8-9H2,(H,18,21). The van der Waals surface area contributed by atoms with Crippen LogP contribution < -0.4 is 5.32 Å². The molecule has 2 aromatic carbocycles. The fraction of sp³-hybridized carbons (Fsp3) is 0.125. The minimum atomic E-state index is -0.535. The minimum Gasteiger partial charge on any atom is -0.326 e. The highest BCUT2D eigenvalue weighted by Gasteiger charge is 2.11. The maximum absolute atomic E-state index is 12.0. The number of nitro groups is 1. The van der Waals surface area contributed by atoms with Crippen LogP contribution in [0, 0.1) is 10.1 Å². The number of amides is 1. The molecule has 0 radical (unpaired) electrons. The average Bonchev–Trinajstić information content (AvgIpc) is 2.53. The molecule has 7 heteroatoms. The molecule has 1 N–H and O–H groups in total. The van der Waals surface area contributed by atoms with Gasteiger partial charge in [0.2, 0.25) is 5.91 Å². The lowest BCUT2D eigenvalue weighted by Gasteiger charge is -2.05. The minimum absolute atomic E-state index is 0.0115.